The lowest BCUT2D eigenvalue weighted by atomic mass is 9.99. The smallest absolute Gasteiger partial charge is 0.425 e. The van der Waals surface area contributed by atoms with Crippen molar-refractivity contribution in [3.8, 4) is 0 Å². The zero-order valence-corrected chi connectivity index (χ0v) is 21.7. The molecule has 3 amide bonds. The Morgan fingerprint density at radius 3 is 2.17 bits per heavy atom. The van der Waals surface area contributed by atoms with Crippen LogP contribution in [0.1, 0.15) is 52.8 Å². The van der Waals surface area contributed by atoms with Crippen LogP contribution < -0.4 is 4.90 Å². The van der Waals surface area contributed by atoms with Crippen LogP contribution >= 0.6 is 0 Å². The number of pyridine rings is 1. The third-order valence-electron chi connectivity index (χ3n) is 4.94. The highest BCUT2D eigenvalue weighted by Gasteiger charge is 2.37. The van der Waals surface area contributed by atoms with E-state index in [1.54, 1.807) is 53.7 Å². The first kappa shape index (κ1) is 28.1. The number of carboxylic acid groups (broad SMARTS) is 1. The third kappa shape index (κ3) is 8.54. The second kappa shape index (κ2) is 11.1. The summed E-state index contributed by atoms with van der Waals surface area (Å²) < 4.78 is 16.7. The van der Waals surface area contributed by atoms with E-state index in [2.05, 4.69) is 11.6 Å². The highest BCUT2D eigenvalue weighted by atomic mass is 16.6. The summed E-state index contributed by atoms with van der Waals surface area (Å²) in [6, 6.07) is 3.43. The van der Waals surface area contributed by atoms with E-state index in [0.29, 0.717) is 18.7 Å². The van der Waals surface area contributed by atoms with Gasteiger partial charge in [-0.25, -0.2) is 19.4 Å². The number of carbonyl (C=O) groups is 3. The number of aryl methyl sites for hydroxylation is 1. The average molecular weight is 492 g/mol. The number of likely N-dealkylation sites (tertiary alicyclic amines) is 1. The number of carbonyl (C=O) groups excluding carboxylic acids is 2. The summed E-state index contributed by atoms with van der Waals surface area (Å²) in [5.74, 6) is -0.0927. The van der Waals surface area contributed by atoms with Gasteiger partial charge in [-0.3, -0.25) is 0 Å². The van der Waals surface area contributed by atoms with Crippen LogP contribution in [0.2, 0.25) is 0 Å². The Bertz CT molecular complexity index is 921. The minimum atomic E-state index is -1.02. The number of anilines is 1. The van der Waals surface area contributed by atoms with Crippen LogP contribution in [-0.2, 0) is 20.6 Å². The second-order valence-corrected chi connectivity index (χ2v) is 10.6. The molecule has 1 fully saturated rings. The van der Waals surface area contributed by atoms with Crippen molar-refractivity contribution < 1.29 is 33.7 Å². The zero-order valence-electron chi connectivity index (χ0n) is 21.7. The molecular formula is C25H37N3O7. The lowest BCUT2D eigenvalue weighted by molar-refractivity contribution is 0.0428. The topological polar surface area (TPSA) is 118 Å². The monoisotopic (exact) mass is 491 g/mol. The van der Waals surface area contributed by atoms with E-state index >= 15 is 0 Å². The highest BCUT2D eigenvalue weighted by molar-refractivity contribution is 6.08. The van der Waals surface area contributed by atoms with Gasteiger partial charge in [0.05, 0.1) is 19.3 Å². The maximum absolute atomic E-state index is 13.0. The first-order chi connectivity index (χ1) is 16.1. The average Bonchev–Trinajstić information content (AvgIpc) is 3.06. The molecule has 1 aliphatic rings. The Kier molecular flexibility index (Phi) is 8.89. The molecule has 0 bridgehead atoms. The summed E-state index contributed by atoms with van der Waals surface area (Å²) in [4.78, 5) is 44.2. The molecule has 2 atom stereocenters. The minimum Gasteiger partial charge on any atom is -0.465 e. The lowest BCUT2D eigenvalue weighted by Gasteiger charge is -2.28. The fourth-order valence-corrected chi connectivity index (χ4v) is 3.66. The molecule has 0 radical (unpaired) electrons. The van der Waals surface area contributed by atoms with Crippen molar-refractivity contribution in [1.82, 2.24) is 9.88 Å². The molecule has 1 aliphatic heterocycles. The molecule has 0 saturated carbocycles. The van der Waals surface area contributed by atoms with Crippen molar-refractivity contribution in [2.24, 2.45) is 5.92 Å². The molecule has 2 heterocycles. The van der Waals surface area contributed by atoms with Crippen LogP contribution in [-0.4, -0.2) is 70.3 Å². The summed E-state index contributed by atoms with van der Waals surface area (Å²) in [7, 11) is 0. The number of ether oxygens (including phenoxy) is 3. The Morgan fingerprint density at radius 2 is 1.69 bits per heavy atom. The normalized spacial score (nSPS) is 18.2. The molecule has 1 aromatic heterocycles. The molecule has 2 unspecified atom stereocenters. The fourth-order valence-electron chi connectivity index (χ4n) is 3.66. The number of amides is 3. The van der Waals surface area contributed by atoms with E-state index in [-0.39, 0.29) is 30.9 Å². The van der Waals surface area contributed by atoms with Crippen molar-refractivity contribution in [2.45, 2.75) is 72.2 Å². The molecule has 0 aromatic carbocycles. The molecule has 0 aliphatic carbocycles. The fraction of sp³-hybridized carbons (Fsp3) is 0.600. The number of hydrogen-bond acceptors (Lipinski definition) is 7. The van der Waals surface area contributed by atoms with E-state index in [0.717, 1.165) is 10.5 Å². The minimum absolute atomic E-state index is 0.0696. The van der Waals surface area contributed by atoms with Gasteiger partial charge in [-0.2, -0.15) is 4.90 Å². The molecule has 10 nitrogen and oxygen atoms in total. The van der Waals surface area contributed by atoms with Crippen molar-refractivity contribution in [1.29, 1.82) is 0 Å². The predicted octanol–water partition coefficient (Wildman–Crippen LogP) is 4.79. The van der Waals surface area contributed by atoms with Gasteiger partial charge in [0, 0.05) is 18.2 Å². The van der Waals surface area contributed by atoms with Gasteiger partial charge in [0.2, 0.25) is 0 Å². The van der Waals surface area contributed by atoms with E-state index < -0.39 is 29.5 Å². The molecule has 1 aromatic rings. The number of imide groups is 1. The molecule has 194 valence electrons. The van der Waals surface area contributed by atoms with Gasteiger partial charge in [-0.15, -0.1) is 6.58 Å². The molecule has 1 saturated heterocycles. The summed E-state index contributed by atoms with van der Waals surface area (Å²) in [5.41, 5.74) is -0.339. The maximum atomic E-state index is 13.0. The molecule has 1 N–H and O–H groups in total. The number of nitrogens with zero attached hydrogens (tertiary/aromatic N) is 3. The van der Waals surface area contributed by atoms with E-state index in [1.807, 2.05) is 13.0 Å². The Balaban J connectivity index is 2.39. The number of aromatic nitrogens is 1. The predicted molar refractivity (Wildman–Crippen MR) is 131 cm³/mol. The van der Waals surface area contributed by atoms with Crippen molar-refractivity contribution in [3.05, 3.63) is 36.0 Å². The van der Waals surface area contributed by atoms with E-state index in [4.69, 9.17) is 14.2 Å². The second-order valence-electron chi connectivity index (χ2n) is 10.6. The standard InChI is InChI=1S/C25H37N3O7/c1-9-10-33-19-15-27(21(29)30)14-17(19)13-18-11-16(2)12-20(26-18)28(22(31)34-24(3,4)5)23(32)35-25(6,7)8/h9,11-12,17,19H,1,10,13-15H2,2-8H3,(H,29,30). The largest absolute Gasteiger partial charge is 0.465 e. The van der Waals surface area contributed by atoms with Crippen molar-refractivity contribution in [3.63, 3.8) is 0 Å². The first-order valence-corrected chi connectivity index (χ1v) is 11.5. The summed E-state index contributed by atoms with van der Waals surface area (Å²) in [5, 5.41) is 9.43. The van der Waals surface area contributed by atoms with Gasteiger partial charge in [-0.05, 0) is 72.6 Å². The SMILES string of the molecule is C=CCOC1CN(C(=O)O)CC1Cc1cc(C)cc(N(C(=O)OC(C)(C)C)C(=O)OC(C)(C)C)n1. The highest BCUT2D eigenvalue weighted by Crippen LogP contribution is 2.27. The molecule has 10 heteroatoms. The first-order valence-electron chi connectivity index (χ1n) is 11.5. The number of rotatable bonds is 6. The maximum Gasteiger partial charge on any atom is 0.425 e. The van der Waals surface area contributed by atoms with Gasteiger partial charge >= 0.3 is 18.3 Å². The molecule has 35 heavy (non-hydrogen) atoms. The van der Waals surface area contributed by atoms with Crippen LogP contribution in [0.4, 0.5) is 20.2 Å². The van der Waals surface area contributed by atoms with Crippen LogP contribution in [0.15, 0.2) is 24.8 Å². The Morgan fingerprint density at radius 1 is 1.11 bits per heavy atom. The zero-order chi connectivity index (χ0) is 26.6. The van der Waals surface area contributed by atoms with Crippen LogP contribution in [0.3, 0.4) is 0 Å². The third-order valence-corrected chi connectivity index (χ3v) is 4.94. The van der Waals surface area contributed by atoms with Gasteiger partial charge in [0.25, 0.3) is 0 Å². The van der Waals surface area contributed by atoms with Crippen LogP contribution in [0, 0.1) is 12.8 Å². The summed E-state index contributed by atoms with van der Waals surface area (Å²) in [6.07, 6.45) is -1.15. The lowest BCUT2D eigenvalue weighted by Crippen LogP contribution is -2.44. The van der Waals surface area contributed by atoms with Crippen molar-refractivity contribution >= 4 is 24.1 Å². The van der Waals surface area contributed by atoms with Gasteiger partial charge < -0.3 is 24.2 Å². The molecule has 2 rings (SSSR count). The number of hydrogen-bond donors (Lipinski definition) is 1. The Hall–Kier alpha value is -3.14. The van der Waals surface area contributed by atoms with E-state index in [9.17, 15) is 19.5 Å². The van der Waals surface area contributed by atoms with Gasteiger partial charge in [0.15, 0.2) is 0 Å². The van der Waals surface area contributed by atoms with Crippen LogP contribution in [0.5, 0.6) is 0 Å². The molecule has 0 spiro atoms. The van der Waals surface area contributed by atoms with Gasteiger partial charge in [-0.1, -0.05) is 6.08 Å². The quantitative estimate of drug-likeness (QED) is 0.564. The van der Waals surface area contributed by atoms with Crippen molar-refractivity contribution in [2.75, 3.05) is 24.6 Å². The Labute approximate surface area is 206 Å². The van der Waals surface area contributed by atoms with Crippen LogP contribution in [0.25, 0.3) is 0 Å². The summed E-state index contributed by atoms with van der Waals surface area (Å²) in [6.45, 7) is 16.5. The molecular weight excluding hydrogens is 454 g/mol. The van der Waals surface area contributed by atoms with Gasteiger partial charge in [0.1, 0.15) is 17.0 Å². The summed E-state index contributed by atoms with van der Waals surface area (Å²) >= 11 is 0. The van der Waals surface area contributed by atoms with E-state index in [1.165, 1.54) is 4.90 Å².